The third-order valence-corrected chi connectivity index (χ3v) is 4.55. The van der Waals surface area contributed by atoms with Crippen LogP contribution in [0.15, 0.2) is 18.2 Å². The van der Waals surface area contributed by atoms with Crippen LogP contribution in [0.2, 0.25) is 0 Å². The van der Waals surface area contributed by atoms with Gasteiger partial charge in [-0.15, -0.1) is 0 Å². The number of aliphatic carboxylic acids is 1. The van der Waals surface area contributed by atoms with Crippen molar-refractivity contribution in [1.82, 2.24) is 0 Å². The van der Waals surface area contributed by atoms with E-state index in [0.29, 0.717) is 5.75 Å². The molecule has 0 saturated heterocycles. The molecule has 1 unspecified atom stereocenters. The van der Waals surface area contributed by atoms with E-state index in [2.05, 4.69) is 13.8 Å². The smallest absolute Gasteiger partial charge is 0.304 e. The van der Waals surface area contributed by atoms with Gasteiger partial charge in [-0.05, 0) is 42.4 Å². The quantitative estimate of drug-likeness (QED) is 0.859. The number of benzene rings is 1. The predicted octanol–water partition coefficient (Wildman–Crippen LogP) is 4.10. The summed E-state index contributed by atoms with van der Waals surface area (Å²) in [6.07, 6.45) is 3.21. The highest BCUT2D eigenvalue weighted by molar-refractivity contribution is 5.69. The number of carboxylic acids is 1. The Balaban J connectivity index is 2.19. The van der Waals surface area contributed by atoms with E-state index in [9.17, 15) is 9.90 Å². The van der Waals surface area contributed by atoms with E-state index >= 15 is 0 Å². The molecule has 1 atom stereocenters. The molecule has 0 amide bonds. The summed E-state index contributed by atoms with van der Waals surface area (Å²) in [5.74, 6) is -0.267. The fourth-order valence-corrected chi connectivity index (χ4v) is 3.16. The number of phenolic OH excluding ortho intramolecular Hbond substituents is 1. The van der Waals surface area contributed by atoms with Gasteiger partial charge in [0.05, 0.1) is 12.5 Å². The zero-order valence-corrected chi connectivity index (χ0v) is 13.8. The molecule has 1 aliphatic carbocycles. The predicted molar refractivity (Wildman–Crippen MR) is 85.4 cm³/mol. The molecule has 0 heterocycles. The molecule has 0 aromatic heterocycles. The Kier molecular flexibility index (Phi) is 4.41. The number of aromatic hydroxyl groups is 1. The third kappa shape index (κ3) is 3.93. The molecular weight excluding hydrogens is 280 g/mol. The third-order valence-electron chi connectivity index (χ3n) is 4.55. The number of carboxylic acid groups (broad SMARTS) is 1. The number of carbonyl (C=O) groups is 1. The first-order valence-corrected chi connectivity index (χ1v) is 7.81. The first-order chi connectivity index (χ1) is 10.1. The summed E-state index contributed by atoms with van der Waals surface area (Å²) < 4.78 is 5.99. The average molecular weight is 306 g/mol. The topological polar surface area (TPSA) is 66.8 Å². The van der Waals surface area contributed by atoms with Crippen molar-refractivity contribution in [3.8, 4) is 11.5 Å². The Morgan fingerprint density at radius 3 is 2.64 bits per heavy atom. The van der Waals surface area contributed by atoms with E-state index in [0.717, 1.165) is 24.8 Å². The summed E-state index contributed by atoms with van der Waals surface area (Å²) in [4.78, 5) is 11.0. The van der Waals surface area contributed by atoms with E-state index in [1.165, 1.54) is 0 Å². The lowest BCUT2D eigenvalue weighted by Gasteiger charge is -2.25. The van der Waals surface area contributed by atoms with Crippen LogP contribution in [0.3, 0.4) is 0 Å². The lowest BCUT2D eigenvalue weighted by molar-refractivity contribution is -0.138. The first-order valence-electron chi connectivity index (χ1n) is 7.81. The van der Waals surface area contributed by atoms with Crippen LogP contribution in [0.4, 0.5) is 0 Å². The Morgan fingerprint density at radius 1 is 1.41 bits per heavy atom. The maximum atomic E-state index is 11.0. The lowest BCUT2D eigenvalue weighted by Crippen LogP contribution is -2.22. The Labute approximate surface area is 132 Å². The normalized spacial score (nSPS) is 20.8. The fraction of sp³-hybridized carbons (Fsp3) is 0.611. The van der Waals surface area contributed by atoms with Crippen molar-refractivity contribution in [2.75, 3.05) is 0 Å². The van der Waals surface area contributed by atoms with Crippen molar-refractivity contribution in [1.29, 1.82) is 0 Å². The summed E-state index contributed by atoms with van der Waals surface area (Å²) in [5, 5.41) is 19.1. The molecule has 1 fully saturated rings. The van der Waals surface area contributed by atoms with Gasteiger partial charge in [-0.2, -0.15) is 0 Å². The lowest BCUT2D eigenvalue weighted by atomic mass is 9.81. The van der Waals surface area contributed by atoms with Gasteiger partial charge in [-0.1, -0.05) is 33.8 Å². The van der Waals surface area contributed by atoms with Gasteiger partial charge in [0.25, 0.3) is 0 Å². The van der Waals surface area contributed by atoms with Crippen LogP contribution >= 0.6 is 0 Å². The molecule has 1 aromatic rings. The Hall–Kier alpha value is -1.71. The summed E-state index contributed by atoms with van der Waals surface area (Å²) in [6, 6.07) is 5.14. The minimum absolute atomic E-state index is 0.0354. The van der Waals surface area contributed by atoms with Crippen LogP contribution < -0.4 is 4.74 Å². The van der Waals surface area contributed by atoms with Crippen molar-refractivity contribution in [2.45, 2.75) is 64.9 Å². The first kappa shape index (κ1) is 16.7. The molecule has 0 spiro atoms. The molecule has 0 bridgehead atoms. The van der Waals surface area contributed by atoms with Crippen LogP contribution in [0.25, 0.3) is 0 Å². The molecule has 4 nitrogen and oxygen atoms in total. The maximum Gasteiger partial charge on any atom is 0.304 e. The zero-order chi connectivity index (χ0) is 16.5. The summed E-state index contributed by atoms with van der Waals surface area (Å²) in [6.45, 7) is 8.22. The van der Waals surface area contributed by atoms with Crippen molar-refractivity contribution >= 4 is 5.97 Å². The van der Waals surface area contributed by atoms with E-state index < -0.39 is 11.4 Å². The molecule has 2 N–H and O–H groups in total. The zero-order valence-electron chi connectivity index (χ0n) is 13.8. The SMILES string of the molecule is CC1(C)CCC(Oc2cc(C(C)(C)CC(=O)O)ccc2O)C1. The van der Waals surface area contributed by atoms with E-state index in [1.54, 1.807) is 18.2 Å². The highest BCUT2D eigenvalue weighted by Crippen LogP contribution is 2.41. The van der Waals surface area contributed by atoms with Crippen molar-refractivity contribution < 1.29 is 19.7 Å². The van der Waals surface area contributed by atoms with Gasteiger partial charge in [0.2, 0.25) is 0 Å². The van der Waals surface area contributed by atoms with Crippen LogP contribution in [0.5, 0.6) is 11.5 Å². The highest BCUT2D eigenvalue weighted by atomic mass is 16.5. The van der Waals surface area contributed by atoms with Crippen molar-refractivity contribution in [3.05, 3.63) is 23.8 Å². The van der Waals surface area contributed by atoms with Crippen LogP contribution in [-0.2, 0) is 10.2 Å². The molecule has 1 aromatic carbocycles. The van der Waals surface area contributed by atoms with Gasteiger partial charge in [0, 0.05) is 5.41 Å². The van der Waals surface area contributed by atoms with E-state index in [1.807, 2.05) is 13.8 Å². The average Bonchev–Trinajstić information content (AvgIpc) is 2.69. The van der Waals surface area contributed by atoms with Gasteiger partial charge >= 0.3 is 5.97 Å². The molecule has 22 heavy (non-hydrogen) atoms. The standard InChI is InChI=1S/C18H26O4/c1-17(2)8-7-13(10-17)22-15-9-12(5-6-14(15)19)18(3,4)11-16(20)21/h5-6,9,13,19H,7-8,10-11H2,1-4H3,(H,20,21). The van der Waals surface area contributed by atoms with E-state index in [4.69, 9.17) is 9.84 Å². The molecule has 122 valence electrons. The van der Waals surface area contributed by atoms with Gasteiger partial charge in [-0.25, -0.2) is 0 Å². The number of ether oxygens (including phenoxy) is 1. The number of phenols is 1. The monoisotopic (exact) mass is 306 g/mol. The second-order valence-corrected chi connectivity index (χ2v) is 7.78. The molecule has 4 heteroatoms. The second kappa shape index (κ2) is 5.82. The molecule has 0 radical (unpaired) electrons. The second-order valence-electron chi connectivity index (χ2n) is 7.78. The number of hydrogen-bond acceptors (Lipinski definition) is 3. The highest BCUT2D eigenvalue weighted by Gasteiger charge is 2.33. The van der Waals surface area contributed by atoms with Gasteiger partial charge in [0.1, 0.15) is 0 Å². The van der Waals surface area contributed by atoms with Crippen molar-refractivity contribution in [2.24, 2.45) is 5.41 Å². The molecule has 2 rings (SSSR count). The summed E-state index contributed by atoms with van der Waals surface area (Å²) in [5.41, 5.74) is 0.632. The van der Waals surface area contributed by atoms with Crippen LogP contribution in [0, 0.1) is 5.41 Å². The minimum atomic E-state index is -0.835. The summed E-state index contributed by atoms with van der Waals surface area (Å²) >= 11 is 0. The summed E-state index contributed by atoms with van der Waals surface area (Å²) in [7, 11) is 0. The fourth-order valence-electron chi connectivity index (χ4n) is 3.16. The maximum absolute atomic E-state index is 11.0. The molecule has 1 aliphatic rings. The molecule has 0 aliphatic heterocycles. The van der Waals surface area contributed by atoms with Crippen molar-refractivity contribution in [3.63, 3.8) is 0 Å². The van der Waals surface area contributed by atoms with Gasteiger partial charge in [-0.3, -0.25) is 4.79 Å². The largest absolute Gasteiger partial charge is 0.504 e. The van der Waals surface area contributed by atoms with Gasteiger partial charge < -0.3 is 14.9 Å². The van der Waals surface area contributed by atoms with Crippen LogP contribution in [-0.4, -0.2) is 22.3 Å². The van der Waals surface area contributed by atoms with Crippen LogP contribution in [0.1, 0.15) is 58.9 Å². The minimum Gasteiger partial charge on any atom is -0.504 e. The van der Waals surface area contributed by atoms with E-state index in [-0.39, 0.29) is 23.7 Å². The number of rotatable bonds is 5. The van der Waals surface area contributed by atoms with Gasteiger partial charge in [0.15, 0.2) is 11.5 Å². The molecular formula is C18H26O4. The Morgan fingerprint density at radius 2 is 2.09 bits per heavy atom. The Bertz CT molecular complexity index is 560. The molecule has 1 saturated carbocycles. The number of hydrogen-bond donors (Lipinski definition) is 2.